The molecule has 1 aliphatic heterocycles. The van der Waals surface area contributed by atoms with Gasteiger partial charge in [0.2, 0.25) is 0 Å². The van der Waals surface area contributed by atoms with Crippen LogP contribution in [0.5, 0.6) is 5.75 Å². The van der Waals surface area contributed by atoms with Crippen LogP contribution in [-0.4, -0.2) is 68.9 Å². The van der Waals surface area contributed by atoms with Crippen molar-refractivity contribution in [1.82, 2.24) is 9.21 Å². The van der Waals surface area contributed by atoms with Gasteiger partial charge in [-0.2, -0.15) is 4.31 Å². The number of carbonyl (C=O) groups is 2. The summed E-state index contributed by atoms with van der Waals surface area (Å²) in [6, 6.07) is 6.65. The van der Waals surface area contributed by atoms with E-state index >= 15 is 0 Å². The molecule has 0 N–H and O–H groups in total. The van der Waals surface area contributed by atoms with Crippen molar-refractivity contribution < 1.29 is 31.9 Å². The molecule has 1 saturated heterocycles. The highest BCUT2D eigenvalue weighted by Gasteiger charge is 2.33. The monoisotopic (exact) mass is 456 g/mol. The van der Waals surface area contributed by atoms with Crippen LogP contribution in [0, 0.1) is 5.82 Å². The number of ether oxygens (including phenoxy) is 2. The summed E-state index contributed by atoms with van der Waals surface area (Å²) in [5, 5.41) is 1.44. The summed E-state index contributed by atoms with van der Waals surface area (Å²) in [6.45, 7) is 2.27. The van der Waals surface area contributed by atoms with E-state index in [2.05, 4.69) is 4.74 Å². The van der Waals surface area contributed by atoms with E-state index in [9.17, 15) is 22.4 Å². The molecule has 0 radical (unpaired) electrons. The van der Waals surface area contributed by atoms with Crippen LogP contribution in [0.25, 0.3) is 0 Å². The maximum atomic E-state index is 13.0. The second-order valence-corrected chi connectivity index (χ2v) is 9.67. The summed E-state index contributed by atoms with van der Waals surface area (Å²) in [5.41, 5.74) is 0.182. The largest absolute Gasteiger partial charge is 0.481 e. The van der Waals surface area contributed by atoms with Crippen molar-refractivity contribution in [3.63, 3.8) is 0 Å². The number of benzene rings is 1. The number of hydrogen-bond donors (Lipinski definition) is 0. The third-order valence-corrected chi connectivity index (χ3v) is 7.93. The summed E-state index contributed by atoms with van der Waals surface area (Å²) in [4.78, 5) is 25.7. The van der Waals surface area contributed by atoms with Gasteiger partial charge in [-0.1, -0.05) is 0 Å². The lowest BCUT2D eigenvalue weighted by molar-refractivity contribution is -0.139. The quantitative estimate of drug-likeness (QED) is 0.617. The number of amides is 1. The van der Waals surface area contributed by atoms with Crippen molar-refractivity contribution in [3.05, 3.63) is 47.1 Å². The van der Waals surface area contributed by atoms with Crippen LogP contribution in [0.4, 0.5) is 4.39 Å². The van der Waals surface area contributed by atoms with Crippen molar-refractivity contribution in [2.24, 2.45) is 0 Å². The molecule has 1 aliphatic rings. The molecule has 8 nitrogen and oxygen atoms in total. The number of hydrogen-bond acceptors (Lipinski definition) is 7. The molecule has 1 fully saturated rings. The number of nitrogens with zero attached hydrogens (tertiary/aromatic N) is 2. The summed E-state index contributed by atoms with van der Waals surface area (Å²) >= 11 is 0.950. The van der Waals surface area contributed by atoms with E-state index < -0.39 is 27.9 Å². The molecule has 0 spiro atoms. The Bertz CT molecular complexity index is 1010. The SMILES string of the molecule is COC(=O)c1csc(S(=O)(=O)N2CCN(C(=O)[C@H](C)Oc3ccc(F)cc3)CC2)c1. The van der Waals surface area contributed by atoms with Crippen LogP contribution < -0.4 is 4.74 Å². The zero-order chi connectivity index (χ0) is 21.9. The van der Waals surface area contributed by atoms with Crippen molar-refractivity contribution in [1.29, 1.82) is 0 Å². The molecule has 0 bridgehead atoms. The molecule has 11 heteroatoms. The molecule has 0 saturated carbocycles. The molecule has 1 atom stereocenters. The van der Waals surface area contributed by atoms with E-state index in [1.165, 1.54) is 52.0 Å². The van der Waals surface area contributed by atoms with Crippen LogP contribution in [0.2, 0.25) is 0 Å². The Morgan fingerprint density at radius 3 is 2.37 bits per heavy atom. The Morgan fingerprint density at radius 1 is 1.13 bits per heavy atom. The molecule has 0 unspecified atom stereocenters. The minimum atomic E-state index is -3.77. The Balaban J connectivity index is 1.59. The highest BCUT2D eigenvalue weighted by molar-refractivity contribution is 7.91. The molecule has 1 aromatic carbocycles. The molecular formula is C19H21FN2O6S2. The number of halogens is 1. The van der Waals surface area contributed by atoms with Crippen LogP contribution in [-0.2, 0) is 19.6 Å². The summed E-state index contributed by atoms with van der Waals surface area (Å²) < 4.78 is 50.1. The summed E-state index contributed by atoms with van der Waals surface area (Å²) in [6.07, 6.45) is -0.793. The van der Waals surface area contributed by atoms with Gasteiger partial charge in [0, 0.05) is 31.6 Å². The summed E-state index contributed by atoms with van der Waals surface area (Å²) in [7, 11) is -2.54. The van der Waals surface area contributed by atoms with Gasteiger partial charge in [0.25, 0.3) is 15.9 Å². The number of esters is 1. The average molecular weight is 457 g/mol. The second kappa shape index (κ2) is 9.11. The van der Waals surface area contributed by atoms with Gasteiger partial charge in [0.1, 0.15) is 15.8 Å². The second-order valence-electron chi connectivity index (χ2n) is 6.59. The van der Waals surface area contributed by atoms with E-state index in [0.717, 1.165) is 11.3 Å². The Kier molecular flexibility index (Phi) is 6.74. The number of thiophene rings is 1. The van der Waals surface area contributed by atoms with E-state index in [-0.39, 0.29) is 41.9 Å². The van der Waals surface area contributed by atoms with E-state index in [1.54, 1.807) is 6.92 Å². The Morgan fingerprint density at radius 2 is 1.77 bits per heavy atom. The average Bonchev–Trinajstić information content (AvgIpc) is 3.25. The highest BCUT2D eigenvalue weighted by Crippen LogP contribution is 2.25. The van der Waals surface area contributed by atoms with Gasteiger partial charge < -0.3 is 14.4 Å². The Hall–Kier alpha value is -2.50. The molecule has 162 valence electrons. The van der Waals surface area contributed by atoms with Crippen LogP contribution in [0.15, 0.2) is 39.9 Å². The first kappa shape index (κ1) is 22.2. The zero-order valence-electron chi connectivity index (χ0n) is 16.4. The highest BCUT2D eigenvalue weighted by atomic mass is 32.2. The fraction of sp³-hybridized carbons (Fsp3) is 0.368. The number of methoxy groups -OCH3 is 1. The predicted molar refractivity (Wildman–Crippen MR) is 107 cm³/mol. The molecule has 2 heterocycles. The number of carbonyl (C=O) groups excluding carboxylic acids is 2. The lowest BCUT2D eigenvalue weighted by Crippen LogP contribution is -2.53. The van der Waals surface area contributed by atoms with Crippen LogP contribution >= 0.6 is 11.3 Å². The van der Waals surface area contributed by atoms with Crippen molar-refractivity contribution >= 4 is 33.2 Å². The van der Waals surface area contributed by atoms with Gasteiger partial charge in [0.05, 0.1) is 12.7 Å². The molecule has 3 rings (SSSR count). The molecule has 1 amide bonds. The first-order valence-electron chi connectivity index (χ1n) is 9.10. The van der Waals surface area contributed by atoms with Gasteiger partial charge in [-0.15, -0.1) is 11.3 Å². The number of piperazine rings is 1. The first-order chi connectivity index (χ1) is 14.2. The Labute approximate surface area is 177 Å². The normalized spacial score (nSPS) is 16.2. The first-order valence-corrected chi connectivity index (χ1v) is 11.4. The predicted octanol–water partition coefficient (Wildman–Crippen LogP) is 1.97. The van der Waals surface area contributed by atoms with E-state index in [1.807, 2.05) is 0 Å². The molecule has 2 aromatic rings. The fourth-order valence-electron chi connectivity index (χ4n) is 2.98. The fourth-order valence-corrected chi connectivity index (χ4v) is 5.70. The number of rotatable bonds is 6. The maximum absolute atomic E-state index is 13.0. The topological polar surface area (TPSA) is 93.2 Å². The van der Waals surface area contributed by atoms with Crippen molar-refractivity contribution in [2.45, 2.75) is 17.2 Å². The van der Waals surface area contributed by atoms with Crippen molar-refractivity contribution in [3.8, 4) is 5.75 Å². The third-order valence-electron chi connectivity index (χ3n) is 4.62. The molecule has 0 aliphatic carbocycles. The maximum Gasteiger partial charge on any atom is 0.338 e. The van der Waals surface area contributed by atoms with Gasteiger partial charge in [-0.3, -0.25) is 4.79 Å². The zero-order valence-corrected chi connectivity index (χ0v) is 18.0. The van der Waals surface area contributed by atoms with Gasteiger partial charge in [0.15, 0.2) is 6.10 Å². The minimum absolute atomic E-state index is 0.0516. The summed E-state index contributed by atoms with van der Waals surface area (Å²) in [5.74, 6) is -0.903. The number of sulfonamides is 1. The molecule has 1 aromatic heterocycles. The third kappa shape index (κ3) is 4.79. The molecular weight excluding hydrogens is 435 g/mol. The lowest BCUT2D eigenvalue weighted by atomic mass is 10.2. The van der Waals surface area contributed by atoms with E-state index in [4.69, 9.17) is 4.74 Å². The van der Waals surface area contributed by atoms with Crippen LogP contribution in [0.1, 0.15) is 17.3 Å². The smallest absolute Gasteiger partial charge is 0.338 e. The van der Waals surface area contributed by atoms with Gasteiger partial charge in [-0.05, 0) is 37.3 Å². The standard InChI is InChI=1S/C19H21FN2O6S2/c1-13(28-16-5-3-15(20)4-6-16)18(23)21-7-9-22(10-8-21)30(25,26)17-11-14(12-29-17)19(24)27-2/h3-6,11-13H,7-10H2,1-2H3/t13-/m0/s1. The minimum Gasteiger partial charge on any atom is -0.481 e. The lowest BCUT2D eigenvalue weighted by Gasteiger charge is -2.34. The molecule has 30 heavy (non-hydrogen) atoms. The van der Waals surface area contributed by atoms with Gasteiger partial charge in [-0.25, -0.2) is 17.6 Å². The van der Waals surface area contributed by atoms with E-state index in [0.29, 0.717) is 5.75 Å². The van der Waals surface area contributed by atoms with Crippen LogP contribution in [0.3, 0.4) is 0 Å². The van der Waals surface area contributed by atoms with Crippen molar-refractivity contribution in [2.75, 3.05) is 33.3 Å². The van der Waals surface area contributed by atoms with Gasteiger partial charge >= 0.3 is 5.97 Å².